The smallest absolute Gasteiger partial charge is 0.155 e. The molecular weight excluding hydrogens is 150 g/mol. The van der Waals surface area contributed by atoms with Crippen molar-refractivity contribution >= 4 is 5.78 Å². The lowest BCUT2D eigenvalue weighted by atomic mass is 9.85. The molecule has 0 aromatic carbocycles. The summed E-state index contributed by atoms with van der Waals surface area (Å²) in [6, 6.07) is 0. The third kappa shape index (κ3) is 1.69. The van der Waals surface area contributed by atoms with E-state index in [0.717, 1.165) is 32.1 Å². The number of hydrogen-bond acceptors (Lipinski definition) is 2. The molecule has 0 saturated heterocycles. The third-order valence-corrected chi connectivity index (χ3v) is 3.05. The molecule has 1 atom stereocenters. The van der Waals surface area contributed by atoms with Crippen LogP contribution in [0.25, 0.3) is 0 Å². The summed E-state index contributed by atoms with van der Waals surface area (Å²) in [6.07, 6.45) is 4.96. The van der Waals surface area contributed by atoms with Crippen LogP contribution in [0, 0.1) is 5.92 Å². The highest BCUT2D eigenvalue weighted by molar-refractivity contribution is 5.90. The fourth-order valence-corrected chi connectivity index (χ4v) is 1.93. The normalized spacial score (nSPS) is 23.9. The number of Topliss-reactive ketones (excluding diaryl/α,β-unsaturated/α-hetero) is 1. The molecule has 0 amide bonds. The summed E-state index contributed by atoms with van der Waals surface area (Å²) < 4.78 is 0. The first kappa shape index (κ1) is 9.72. The maximum atomic E-state index is 11.8. The molecule has 1 aliphatic carbocycles. The van der Waals surface area contributed by atoms with E-state index in [9.17, 15) is 4.79 Å². The Balaban J connectivity index is 2.61. The minimum absolute atomic E-state index is 0.146. The Morgan fingerprint density at radius 3 is 2.42 bits per heavy atom. The molecule has 1 fully saturated rings. The average Bonchev–Trinajstić information content (AvgIpc) is 2.50. The molecule has 0 bridgehead atoms. The summed E-state index contributed by atoms with van der Waals surface area (Å²) in [6.45, 7) is 4.02. The van der Waals surface area contributed by atoms with E-state index in [4.69, 9.17) is 5.73 Å². The van der Waals surface area contributed by atoms with Crippen molar-refractivity contribution in [3.8, 4) is 0 Å². The Morgan fingerprint density at radius 2 is 2.00 bits per heavy atom. The SMILES string of the molecule is CCC(C)C(=O)C1(N)CCCC1. The molecule has 0 heterocycles. The van der Waals surface area contributed by atoms with Gasteiger partial charge in [-0.05, 0) is 19.3 Å². The van der Waals surface area contributed by atoms with Crippen LogP contribution >= 0.6 is 0 Å². The Kier molecular flexibility index (Phi) is 2.89. The Hall–Kier alpha value is -0.370. The van der Waals surface area contributed by atoms with Crippen molar-refractivity contribution in [2.24, 2.45) is 11.7 Å². The van der Waals surface area contributed by atoms with Crippen LogP contribution in [0.3, 0.4) is 0 Å². The minimum atomic E-state index is -0.463. The molecule has 2 heteroatoms. The van der Waals surface area contributed by atoms with Gasteiger partial charge in [-0.3, -0.25) is 4.79 Å². The van der Waals surface area contributed by atoms with Gasteiger partial charge in [0.25, 0.3) is 0 Å². The van der Waals surface area contributed by atoms with Crippen molar-refractivity contribution in [3.05, 3.63) is 0 Å². The Labute approximate surface area is 74.5 Å². The van der Waals surface area contributed by atoms with Gasteiger partial charge >= 0.3 is 0 Å². The Morgan fingerprint density at radius 1 is 1.50 bits per heavy atom. The summed E-state index contributed by atoms with van der Waals surface area (Å²) in [5, 5.41) is 0. The van der Waals surface area contributed by atoms with Crippen LogP contribution in [0.2, 0.25) is 0 Å². The molecule has 1 aliphatic rings. The fourth-order valence-electron chi connectivity index (χ4n) is 1.93. The summed E-state index contributed by atoms with van der Waals surface area (Å²) in [4.78, 5) is 11.8. The lowest BCUT2D eigenvalue weighted by molar-refractivity contribution is -0.127. The van der Waals surface area contributed by atoms with Crippen LogP contribution in [0.4, 0.5) is 0 Å². The second-order valence-corrected chi connectivity index (χ2v) is 4.04. The molecule has 12 heavy (non-hydrogen) atoms. The van der Waals surface area contributed by atoms with Gasteiger partial charge < -0.3 is 5.73 Å². The van der Waals surface area contributed by atoms with Gasteiger partial charge in [0.2, 0.25) is 0 Å². The summed E-state index contributed by atoms with van der Waals surface area (Å²) in [7, 11) is 0. The first-order valence-electron chi connectivity index (χ1n) is 4.93. The molecule has 0 aromatic heterocycles. The number of nitrogens with two attached hydrogens (primary N) is 1. The van der Waals surface area contributed by atoms with Gasteiger partial charge in [-0.25, -0.2) is 0 Å². The molecule has 70 valence electrons. The number of carbonyl (C=O) groups is 1. The van der Waals surface area contributed by atoms with Gasteiger partial charge in [0, 0.05) is 5.92 Å². The van der Waals surface area contributed by atoms with Gasteiger partial charge in [-0.2, -0.15) is 0 Å². The van der Waals surface area contributed by atoms with E-state index < -0.39 is 5.54 Å². The van der Waals surface area contributed by atoms with Crippen molar-refractivity contribution < 1.29 is 4.79 Å². The predicted octanol–water partition coefficient (Wildman–Crippen LogP) is 1.87. The summed E-state index contributed by atoms with van der Waals surface area (Å²) in [5.41, 5.74) is 5.57. The predicted molar refractivity (Wildman–Crippen MR) is 49.8 cm³/mol. The molecule has 1 rings (SSSR count). The largest absolute Gasteiger partial charge is 0.319 e. The van der Waals surface area contributed by atoms with Gasteiger partial charge in [0.05, 0.1) is 5.54 Å². The zero-order chi connectivity index (χ0) is 9.19. The molecule has 0 spiro atoms. The maximum Gasteiger partial charge on any atom is 0.155 e. The fraction of sp³-hybridized carbons (Fsp3) is 0.900. The van der Waals surface area contributed by atoms with Crippen LogP contribution in [-0.2, 0) is 4.79 Å². The van der Waals surface area contributed by atoms with E-state index >= 15 is 0 Å². The standard InChI is InChI=1S/C10H19NO/c1-3-8(2)9(12)10(11)6-4-5-7-10/h8H,3-7,11H2,1-2H3. The van der Waals surface area contributed by atoms with E-state index in [0.29, 0.717) is 0 Å². The van der Waals surface area contributed by atoms with E-state index in [1.54, 1.807) is 0 Å². The second-order valence-electron chi connectivity index (χ2n) is 4.04. The van der Waals surface area contributed by atoms with Crippen molar-refractivity contribution in [2.45, 2.75) is 51.5 Å². The minimum Gasteiger partial charge on any atom is -0.319 e. The first-order valence-corrected chi connectivity index (χ1v) is 4.93. The number of rotatable bonds is 3. The molecule has 0 aromatic rings. The van der Waals surface area contributed by atoms with E-state index in [1.807, 2.05) is 13.8 Å². The molecule has 0 aliphatic heterocycles. The quantitative estimate of drug-likeness (QED) is 0.701. The number of carbonyl (C=O) groups excluding carboxylic acids is 1. The zero-order valence-electron chi connectivity index (χ0n) is 8.10. The molecule has 2 N–H and O–H groups in total. The van der Waals surface area contributed by atoms with Crippen molar-refractivity contribution in [2.75, 3.05) is 0 Å². The Bertz CT molecular complexity index is 171. The molecule has 1 unspecified atom stereocenters. The van der Waals surface area contributed by atoms with Crippen LogP contribution in [-0.4, -0.2) is 11.3 Å². The van der Waals surface area contributed by atoms with Gasteiger partial charge in [-0.15, -0.1) is 0 Å². The number of ketones is 1. The second kappa shape index (κ2) is 3.56. The van der Waals surface area contributed by atoms with E-state index in [1.165, 1.54) is 0 Å². The van der Waals surface area contributed by atoms with Crippen molar-refractivity contribution in [1.82, 2.24) is 0 Å². The van der Waals surface area contributed by atoms with Crippen molar-refractivity contribution in [1.29, 1.82) is 0 Å². The van der Waals surface area contributed by atoms with Gasteiger partial charge in [0.1, 0.15) is 0 Å². The highest BCUT2D eigenvalue weighted by atomic mass is 16.1. The lowest BCUT2D eigenvalue weighted by Gasteiger charge is -2.24. The van der Waals surface area contributed by atoms with E-state index in [-0.39, 0.29) is 11.7 Å². The maximum absolute atomic E-state index is 11.8. The van der Waals surface area contributed by atoms with Crippen LogP contribution in [0.1, 0.15) is 46.0 Å². The molecular formula is C10H19NO. The first-order chi connectivity index (χ1) is 5.60. The highest BCUT2D eigenvalue weighted by Crippen LogP contribution is 2.30. The molecule has 1 saturated carbocycles. The molecule has 2 nitrogen and oxygen atoms in total. The van der Waals surface area contributed by atoms with Crippen LogP contribution in [0.5, 0.6) is 0 Å². The van der Waals surface area contributed by atoms with Gasteiger partial charge in [-0.1, -0.05) is 26.7 Å². The average molecular weight is 169 g/mol. The third-order valence-electron chi connectivity index (χ3n) is 3.05. The topological polar surface area (TPSA) is 43.1 Å². The zero-order valence-corrected chi connectivity index (χ0v) is 8.10. The van der Waals surface area contributed by atoms with Crippen LogP contribution < -0.4 is 5.73 Å². The van der Waals surface area contributed by atoms with Gasteiger partial charge in [0.15, 0.2) is 5.78 Å². The summed E-state index contributed by atoms with van der Waals surface area (Å²) in [5.74, 6) is 0.426. The monoisotopic (exact) mass is 169 g/mol. The summed E-state index contributed by atoms with van der Waals surface area (Å²) >= 11 is 0. The molecule has 0 radical (unpaired) electrons. The van der Waals surface area contributed by atoms with E-state index in [2.05, 4.69) is 0 Å². The lowest BCUT2D eigenvalue weighted by Crippen LogP contribution is -2.47. The number of hydrogen-bond donors (Lipinski definition) is 1. The highest BCUT2D eigenvalue weighted by Gasteiger charge is 2.38. The van der Waals surface area contributed by atoms with Crippen LogP contribution in [0.15, 0.2) is 0 Å². The van der Waals surface area contributed by atoms with Crippen molar-refractivity contribution in [3.63, 3.8) is 0 Å².